The summed E-state index contributed by atoms with van der Waals surface area (Å²) in [6.07, 6.45) is 4.17. The molecular weight excluding hydrogens is 630 g/mol. The minimum Gasteiger partial charge on any atom is -0.368 e. The van der Waals surface area contributed by atoms with Gasteiger partial charge in [0.15, 0.2) is 5.79 Å². The summed E-state index contributed by atoms with van der Waals surface area (Å²) in [5, 5.41) is 7.74. The Labute approximate surface area is 273 Å². The van der Waals surface area contributed by atoms with Gasteiger partial charge < -0.3 is 30.7 Å². The Hall–Kier alpha value is -4.40. The van der Waals surface area contributed by atoms with E-state index in [1.54, 1.807) is 42.4 Å². The van der Waals surface area contributed by atoms with Crippen LogP contribution in [-0.4, -0.2) is 82.0 Å². The Morgan fingerprint density at radius 2 is 1.81 bits per heavy atom. The van der Waals surface area contributed by atoms with E-state index >= 15 is 0 Å². The Balaban J connectivity index is 1.00. The molecule has 47 heavy (non-hydrogen) atoms. The molecule has 4 N–H and O–H groups in total. The van der Waals surface area contributed by atoms with Gasteiger partial charge in [0.05, 0.1) is 26.3 Å². The van der Waals surface area contributed by atoms with Crippen molar-refractivity contribution in [2.24, 2.45) is 0 Å². The molecule has 1 aromatic heterocycles. The number of fused-ring (bicyclic) bond motifs is 3. The number of benzene rings is 2. The Morgan fingerprint density at radius 1 is 1.09 bits per heavy atom. The Morgan fingerprint density at radius 3 is 2.57 bits per heavy atom. The zero-order valence-electron chi connectivity index (χ0n) is 25.4. The summed E-state index contributed by atoms with van der Waals surface area (Å²) in [7, 11) is 0. The minimum atomic E-state index is -3.17. The predicted octanol–water partition coefficient (Wildman–Crippen LogP) is 3.30. The second-order valence-electron chi connectivity index (χ2n) is 12.1. The third kappa shape index (κ3) is 5.74. The predicted molar refractivity (Wildman–Crippen MR) is 170 cm³/mol. The maximum atomic E-state index is 15.0. The van der Waals surface area contributed by atoms with Crippen LogP contribution in [0.15, 0.2) is 60.3 Å². The van der Waals surface area contributed by atoms with Crippen LogP contribution in [0.3, 0.4) is 0 Å². The number of carbonyl (C=O) groups excluding carboxylic acids is 3. The van der Waals surface area contributed by atoms with E-state index in [9.17, 15) is 23.2 Å². The second kappa shape index (κ2) is 12.0. The highest BCUT2D eigenvalue weighted by Crippen LogP contribution is 2.51. The highest BCUT2D eigenvalue weighted by atomic mass is 32.2. The van der Waals surface area contributed by atoms with Gasteiger partial charge in [0.2, 0.25) is 17.8 Å². The van der Waals surface area contributed by atoms with Crippen molar-refractivity contribution in [2.45, 2.75) is 48.8 Å². The summed E-state index contributed by atoms with van der Waals surface area (Å²) in [6, 6.07) is 9.04. The largest absolute Gasteiger partial charge is 0.368 e. The quantitative estimate of drug-likeness (QED) is 0.347. The molecule has 2 fully saturated rings. The molecule has 3 aromatic rings. The fraction of sp³-hybridized carbons (Fsp3) is 0.364. The first-order valence-corrected chi connectivity index (χ1v) is 16.2. The van der Waals surface area contributed by atoms with E-state index in [2.05, 4.69) is 20.6 Å². The normalized spacial score (nSPS) is 22.4. The molecule has 1 unspecified atom stereocenters. The third-order valence-electron chi connectivity index (χ3n) is 9.08. The van der Waals surface area contributed by atoms with E-state index in [-0.39, 0.29) is 58.4 Å². The third-order valence-corrected chi connectivity index (χ3v) is 10.4. The van der Waals surface area contributed by atoms with Crippen molar-refractivity contribution < 1.29 is 32.6 Å². The average Bonchev–Trinajstić information content (AvgIpc) is 3.87. The van der Waals surface area contributed by atoms with Crippen molar-refractivity contribution in [1.82, 2.24) is 25.5 Å². The summed E-state index contributed by atoms with van der Waals surface area (Å²) in [5.74, 6) is -5.52. The van der Waals surface area contributed by atoms with Gasteiger partial charge in [0, 0.05) is 52.4 Å². The van der Waals surface area contributed by atoms with Crippen LogP contribution in [0, 0.1) is 0 Å². The van der Waals surface area contributed by atoms with Gasteiger partial charge in [-0.1, -0.05) is 30.3 Å². The topological polar surface area (TPSA) is 149 Å². The number of likely N-dealkylation sites (tertiary alicyclic amines) is 1. The number of aromatic nitrogens is 2. The molecule has 2 saturated heterocycles. The van der Waals surface area contributed by atoms with Crippen LogP contribution < -0.4 is 16.4 Å². The molecule has 14 heteroatoms. The smallest absolute Gasteiger partial charge is 0.299 e. The molecule has 7 rings (SSSR count). The van der Waals surface area contributed by atoms with Gasteiger partial charge in [0.25, 0.3) is 11.8 Å². The van der Waals surface area contributed by atoms with Crippen molar-refractivity contribution >= 4 is 41.0 Å². The van der Waals surface area contributed by atoms with Gasteiger partial charge in [-0.25, -0.2) is 9.97 Å². The lowest BCUT2D eigenvalue weighted by molar-refractivity contribution is -0.152. The number of nitrogens with zero attached hydrogens (tertiary/aromatic N) is 3. The summed E-state index contributed by atoms with van der Waals surface area (Å²) in [5.41, 5.74) is 8.01. The second-order valence-corrected chi connectivity index (χ2v) is 13.2. The zero-order valence-corrected chi connectivity index (χ0v) is 26.2. The van der Waals surface area contributed by atoms with Crippen LogP contribution in [0.1, 0.15) is 46.8 Å². The van der Waals surface area contributed by atoms with Crippen molar-refractivity contribution in [1.29, 1.82) is 0 Å². The molecule has 3 atom stereocenters. The van der Waals surface area contributed by atoms with Gasteiger partial charge in [0.1, 0.15) is 6.04 Å². The molecule has 2 aromatic carbocycles. The first kappa shape index (κ1) is 31.2. The van der Waals surface area contributed by atoms with Gasteiger partial charge in [-0.15, -0.1) is 11.8 Å². The Kier molecular flexibility index (Phi) is 7.97. The fourth-order valence-electron chi connectivity index (χ4n) is 6.60. The monoisotopic (exact) mass is 662 g/mol. The summed E-state index contributed by atoms with van der Waals surface area (Å²) >= 11 is 1.60. The number of nitrogen functional groups attached to an aromatic ring is 1. The number of nitrogens with two attached hydrogens (primary N) is 1. The molecule has 11 nitrogen and oxygen atoms in total. The first-order chi connectivity index (χ1) is 22.5. The van der Waals surface area contributed by atoms with Crippen molar-refractivity contribution in [3.63, 3.8) is 0 Å². The Bertz CT molecular complexity index is 1780. The number of carbonyl (C=O) groups is 3. The molecule has 244 valence electrons. The van der Waals surface area contributed by atoms with Crippen LogP contribution in [-0.2, 0) is 25.0 Å². The number of hydrogen-bond donors (Lipinski definition) is 3. The van der Waals surface area contributed by atoms with Crippen LogP contribution in [0.4, 0.5) is 14.7 Å². The lowest BCUT2D eigenvalue weighted by Gasteiger charge is -2.27. The van der Waals surface area contributed by atoms with Crippen molar-refractivity contribution in [2.75, 3.05) is 32.0 Å². The summed E-state index contributed by atoms with van der Waals surface area (Å²) in [6.45, 7) is 2.21. The highest BCUT2D eigenvalue weighted by Gasteiger charge is 2.53. The first-order valence-electron chi connectivity index (χ1n) is 15.3. The molecule has 1 aliphatic carbocycles. The molecule has 3 amide bonds. The number of hydrogen-bond acceptors (Lipinski definition) is 9. The molecule has 4 heterocycles. The summed E-state index contributed by atoms with van der Waals surface area (Å²) < 4.78 is 41.6. The van der Waals surface area contributed by atoms with Crippen LogP contribution in [0.25, 0.3) is 16.7 Å². The number of amides is 3. The standard InChI is InChI=1S/C33H32F2N6O5S/c1-18(27-11-20(16-47-27)21-13-38-31(36)39-14-21)40-30(44)26-12-32(45-8-9-46-32)17-41(26)28(42)15-37-29(43)19-6-7-25-23(10-19)22-4-2-3-5-24(22)33(25,34)35/h2-7,10,13-14,16,18,26-27H,8-9,11-12,15,17H2,1H3,(H,37,43)(H,40,44)(H2,36,38,39)/t18-,26+,27?/m1/s1. The number of thioether (sulfide) groups is 1. The van der Waals surface area contributed by atoms with Crippen molar-refractivity contribution in [3.8, 4) is 11.1 Å². The zero-order chi connectivity index (χ0) is 32.9. The van der Waals surface area contributed by atoms with Crippen LogP contribution in [0.5, 0.6) is 0 Å². The number of alkyl halides is 2. The lowest BCUT2D eigenvalue weighted by atomic mass is 10.0. The maximum Gasteiger partial charge on any atom is 0.299 e. The number of anilines is 1. The van der Waals surface area contributed by atoms with Crippen LogP contribution in [0.2, 0.25) is 0 Å². The van der Waals surface area contributed by atoms with Gasteiger partial charge in [-0.2, -0.15) is 8.78 Å². The molecule has 0 radical (unpaired) electrons. The van der Waals surface area contributed by atoms with E-state index in [0.717, 1.165) is 11.1 Å². The summed E-state index contributed by atoms with van der Waals surface area (Å²) in [4.78, 5) is 49.8. The number of rotatable bonds is 7. The molecule has 0 bridgehead atoms. The minimum absolute atomic E-state index is 0.0277. The van der Waals surface area contributed by atoms with E-state index in [1.807, 2.05) is 12.3 Å². The number of allylic oxidation sites excluding steroid dienone is 1. The maximum absolute atomic E-state index is 15.0. The number of ether oxygens (including phenoxy) is 2. The van der Waals surface area contributed by atoms with E-state index < -0.39 is 36.1 Å². The van der Waals surface area contributed by atoms with Gasteiger partial charge >= 0.3 is 0 Å². The average molecular weight is 663 g/mol. The molecular formula is C33H32F2N6O5S. The van der Waals surface area contributed by atoms with E-state index in [4.69, 9.17) is 15.2 Å². The van der Waals surface area contributed by atoms with Crippen molar-refractivity contribution in [3.05, 3.63) is 82.5 Å². The van der Waals surface area contributed by atoms with E-state index in [1.165, 1.54) is 29.2 Å². The van der Waals surface area contributed by atoms with Gasteiger partial charge in [-0.3, -0.25) is 14.4 Å². The number of halogens is 2. The molecule has 3 aliphatic heterocycles. The molecule has 4 aliphatic rings. The lowest BCUT2D eigenvalue weighted by Crippen LogP contribution is -2.52. The molecule has 1 spiro atoms. The van der Waals surface area contributed by atoms with E-state index in [0.29, 0.717) is 25.2 Å². The van der Waals surface area contributed by atoms with Gasteiger partial charge in [-0.05, 0) is 47.6 Å². The van der Waals surface area contributed by atoms with Crippen LogP contribution >= 0.6 is 11.8 Å². The highest BCUT2D eigenvalue weighted by molar-refractivity contribution is 8.03. The SMILES string of the molecule is C[C@@H](NC(=O)[C@@H]1CC2(CN1C(=O)CNC(=O)c1ccc3c(c1)-c1ccccc1C3(F)F)OCCO2)C1CC(c2cnc(N)nc2)=CS1. The number of nitrogens with one attached hydrogen (secondary N) is 2. The fourth-order valence-corrected chi connectivity index (χ4v) is 7.75. The molecule has 0 saturated carbocycles.